The second-order valence-corrected chi connectivity index (χ2v) is 26.8. The number of nitrogens with zero attached hydrogens (tertiary/aromatic N) is 6. The number of hydrogen-bond acceptors (Lipinski definition) is 5. The van der Waals surface area contributed by atoms with Crippen LogP contribution in [0, 0.1) is 0 Å². The number of hydrogen-bond donors (Lipinski definition) is 0. The number of pyridine rings is 5. The van der Waals surface area contributed by atoms with E-state index in [1.807, 2.05) is 30.6 Å². The molecule has 454 valence electrons. The molecule has 0 radical (unpaired) electrons. The van der Waals surface area contributed by atoms with Gasteiger partial charge in [-0.2, -0.15) is 0 Å². The lowest BCUT2D eigenvalue weighted by atomic mass is 9.81. The van der Waals surface area contributed by atoms with Crippen molar-refractivity contribution in [2.24, 2.45) is 0 Å². The van der Waals surface area contributed by atoms with Crippen LogP contribution >= 0.6 is 0 Å². The molecule has 0 saturated carbocycles. The molecule has 0 aliphatic rings. The van der Waals surface area contributed by atoms with Crippen molar-refractivity contribution >= 4 is 97.7 Å². The normalized spacial score (nSPS) is 12.1. The van der Waals surface area contributed by atoms with E-state index >= 15 is 0 Å². The summed E-state index contributed by atoms with van der Waals surface area (Å²) in [6.07, 6.45) is 3.95. The molecule has 19 aromatic rings. The fraction of sp³-hybridized carbons (Fsp3) is 0.0440. The molecule has 97 heavy (non-hydrogen) atoms. The predicted octanol–water partition coefficient (Wildman–Crippen LogP) is 23.9. The van der Waals surface area contributed by atoms with Gasteiger partial charge in [0, 0.05) is 83.8 Å². The number of rotatable bonds is 9. The summed E-state index contributed by atoms with van der Waals surface area (Å²) in [5.74, 6) is 0. The van der Waals surface area contributed by atoms with Crippen molar-refractivity contribution in [3.8, 4) is 95.2 Å². The Labute approximate surface area is 560 Å². The highest BCUT2D eigenvalue weighted by atomic mass is 15.0. The summed E-state index contributed by atoms with van der Waals surface area (Å²) in [4.78, 5) is 26.3. The molecule has 0 saturated heterocycles. The van der Waals surface area contributed by atoms with E-state index < -0.39 is 0 Å². The summed E-state index contributed by atoms with van der Waals surface area (Å²) in [7, 11) is 0. The van der Waals surface area contributed by atoms with Gasteiger partial charge in [0.25, 0.3) is 0 Å². The Hall–Kier alpha value is -12.5. The van der Waals surface area contributed by atoms with E-state index in [-0.39, 0.29) is 5.41 Å². The minimum absolute atomic E-state index is 0.00476. The zero-order valence-electron chi connectivity index (χ0n) is 53.6. The van der Waals surface area contributed by atoms with Crippen LogP contribution in [0.5, 0.6) is 0 Å². The van der Waals surface area contributed by atoms with Crippen LogP contribution in [0.3, 0.4) is 0 Å². The highest BCUT2D eigenvalue weighted by molar-refractivity contribution is 6.29. The first-order chi connectivity index (χ1) is 47.7. The molecule has 0 aliphatic carbocycles. The maximum Gasteiger partial charge on any atom is 0.0972 e. The summed E-state index contributed by atoms with van der Waals surface area (Å²) in [6.45, 7) is 6.92. The molecular weight excluding hydrogens is 1180 g/mol. The second kappa shape index (κ2) is 22.1. The predicted molar refractivity (Wildman–Crippen MR) is 406 cm³/mol. The smallest absolute Gasteiger partial charge is 0.0972 e. The lowest BCUT2D eigenvalue weighted by Gasteiger charge is -2.23. The van der Waals surface area contributed by atoms with Gasteiger partial charge >= 0.3 is 0 Å². The fourth-order valence-electron chi connectivity index (χ4n) is 15.0. The minimum atomic E-state index is 0.00476. The van der Waals surface area contributed by atoms with Gasteiger partial charge < -0.3 is 4.57 Å². The number of aromatic nitrogens is 6. The van der Waals surface area contributed by atoms with Gasteiger partial charge in [-0.1, -0.05) is 245 Å². The van der Waals surface area contributed by atoms with E-state index in [1.165, 1.54) is 76.4 Å². The van der Waals surface area contributed by atoms with E-state index in [9.17, 15) is 0 Å². The van der Waals surface area contributed by atoms with Crippen molar-refractivity contribution in [1.82, 2.24) is 29.5 Å². The Kier molecular flexibility index (Phi) is 12.7. The van der Waals surface area contributed by atoms with E-state index in [0.29, 0.717) is 0 Å². The van der Waals surface area contributed by atoms with Gasteiger partial charge in [-0.05, 0) is 149 Å². The quantitative estimate of drug-likeness (QED) is 0.135. The third kappa shape index (κ3) is 9.43. The topological polar surface area (TPSA) is 69.4 Å². The van der Waals surface area contributed by atoms with Gasteiger partial charge in [-0.3, -0.25) is 4.98 Å². The van der Waals surface area contributed by atoms with Gasteiger partial charge in [0.05, 0.1) is 55.9 Å². The third-order valence-electron chi connectivity index (χ3n) is 19.9. The Bertz CT molecular complexity index is 6380. The van der Waals surface area contributed by atoms with Crippen LogP contribution in [0.25, 0.3) is 193 Å². The first kappa shape index (κ1) is 56.1. The Balaban J connectivity index is 0.667. The molecule has 6 nitrogen and oxygen atoms in total. The summed E-state index contributed by atoms with van der Waals surface area (Å²) in [5.41, 5.74) is 24.9. The molecule has 0 spiro atoms. The van der Waals surface area contributed by atoms with Crippen LogP contribution in [-0.4, -0.2) is 29.5 Å². The maximum absolute atomic E-state index is 5.48. The van der Waals surface area contributed by atoms with Crippen LogP contribution in [0.15, 0.2) is 310 Å². The van der Waals surface area contributed by atoms with Crippen molar-refractivity contribution in [3.63, 3.8) is 0 Å². The van der Waals surface area contributed by atoms with Gasteiger partial charge in [-0.15, -0.1) is 0 Å². The van der Waals surface area contributed by atoms with Gasteiger partial charge in [-0.25, -0.2) is 19.9 Å². The average Bonchev–Trinajstić information content (AvgIpc) is 1.46. The Morgan fingerprint density at radius 3 is 1.35 bits per heavy atom. The molecule has 19 rings (SSSR count). The van der Waals surface area contributed by atoms with Crippen molar-refractivity contribution < 1.29 is 0 Å². The number of para-hydroxylation sites is 2. The summed E-state index contributed by atoms with van der Waals surface area (Å²) in [5, 5.41) is 14.3. The van der Waals surface area contributed by atoms with Crippen LogP contribution < -0.4 is 0 Å². The highest BCUT2D eigenvalue weighted by Gasteiger charge is 2.23. The highest BCUT2D eigenvalue weighted by Crippen LogP contribution is 2.47. The summed E-state index contributed by atoms with van der Waals surface area (Å²) < 4.78 is 2.39. The molecule has 0 unspecified atom stereocenters. The molecule has 0 fully saturated rings. The summed E-state index contributed by atoms with van der Waals surface area (Å²) >= 11 is 0. The molecule has 6 heterocycles. The lowest BCUT2D eigenvalue weighted by molar-refractivity contribution is 0.591. The zero-order valence-corrected chi connectivity index (χ0v) is 53.6. The standard InChI is InChI=1S/C91H60N6/c1-91(2,3)69-49-65-33-40-74-76(52-77(75-41-34-66(50-69)85(65)86(74)75)62-39-46-84-78(51-62)73-23-12-13-24-83(73)97(84)70-19-8-5-9-20-70)56-27-25-55(26-28-56)67-48-68(54-92-53-67)71-21-10-11-22-72(71)82-45-38-61-32-31-60-37-44-81(95-89(60)90(61)96-82)64-18-14-17-63(47-64)80-43-36-59-30-29-58-35-42-79(57-15-6-4-7-16-57)93-87(58)88(59)94-80/h4-54H,1-3H3. The Morgan fingerprint density at radius 2 is 0.722 bits per heavy atom. The van der Waals surface area contributed by atoms with Crippen molar-refractivity contribution in [2.45, 2.75) is 26.2 Å². The molecule has 0 amide bonds. The lowest BCUT2D eigenvalue weighted by Crippen LogP contribution is -2.10. The molecule has 13 aromatic carbocycles. The van der Waals surface area contributed by atoms with Crippen molar-refractivity contribution in [3.05, 3.63) is 315 Å². The summed E-state index contributed by atoms with van der Waals surface area (Å²) in [6, 6.07) is 108. The first-order valence-corrected chi connectivity index (χ1v) is 33.3. The van der Waals surface area contributed by atoms with Crippen molar-refractivity contribution in [2.75, 3.05) is 0 Å². The number of benzene rings is 13. The van der Waals surface area contributed by atoms with Gasteiger partial charge in [0.15, 0.2) is 0 Å². The largest absolute Gasteiger partial charge is 0.309 e. The number of fused-ring (bicyclic) bond motifs is 9. The van der Waals surface area contributed by atoms with Crippen LogP contribution in [0.4, 0.5) is 0 Å². The zero-order chi connectivity index (χ0) is 64.5. The van der Waals surface area contributed by atoms with E-state index in [1.54, 1.807) is 0 Å². The first-order valence-electron chi connectivity index (χ1n) is 33.3. The van der Waals surface area contributed by atoms with Crippen molar-refractivity contribution in [1.29, 1.82) is 0 Å². The molecule has 0 aliphatic heterocycles. The maximum atomic E-state index is 5.48. The van der Waals surface area contributed by atoms with Gasteiger partial charge in [0.1, 0.15) is 0 Å². The molecule has 6 aromatic heterocycles. The Morgan fingerprint density at radius 1 is 0.258 bits per heavy atom. The van der Waals surface area contributed by atoms with Crippen LogP contribution in [-0.2, 0) is 5.41 Å². The second-order valence-electron chi connectivity index (χ2n) is 26.8. The molecule has 6 heteroatoms. The SMILES string of the molecule is CC(C)(C)c1cc2ccc3c(-c4ccc(-c5cncc(-c6ccccc6-c6ccc7ccc8ccc(-c9cccc(-c%10ccc%11ccc%12ccc(-c%13ccccc%13)nc%12c%11n%10)c9)nc8c7n6)c5)cc4)cc(-c4ccc5c(c4)c4ccccc4n5-c4ccccc4)c4ccc(c1)c2c34. The fourth-order valence-corrected chi connectivity index (χ4v) is 15.0. The molecular formula is C91H60N6. The third-order valence-corrected chi connectivity index (χ3v) is 19.9. The van der Waals surface area contributed by atoms with Crippen LogP contribution in [0.1, 0.15) is 26.3 Å². The molecule has 0 atom stereocenters. The molecule has 0 bridgehead atoms. The van der Waals surface area contributed by atoms with E-state index in [2.05, 4.69) is 304 Å². The van der Waals surface area contributed by atoms with Crippen LogP contribution in [0.2, 0.25) is 0 Å². The van der Waals surface area contributed by atoms with Gasteiger partial charge in [0.2, 0.25) is 0 Å². The average molecular weight is 1240 g/mol. The van der Waals surface area contributed by atoms with E-state index in [0.717, 1.165) is 122 Å². The molecule has 0 N–H and O–H groups in total. The van der Waals surface area contributed by atoms with E-state index in [4.69, 9.17) is 24.9 Å². The monoisotopic (exact) mass is 1240 g/mol. The minimum Gasteiger partial charge on any atom is -0.309 e.